The quantitative estimate of drug-likeness (QED) is 0.364. The number of rotatable bonds is 14. The lowest BCUT2D eigenvalue weighted by Crippen LogP contribution is -2.41. The Hall–Kier alpha value is -3.56. The van der Waals surface area contributed by atoms with Gasteiger partial charge in [0, 0.05) is 19.0 Å². The molecule has 0 bridgehead atoms. The summed E-state index contributed by atoms with van der Waals surface area (Å²) in [7, 11) is 3.17. The van der Waals surface area contributed by atoms with Crippen LogP contribution >= 0.6 is 0 Å². The summed E-state index contributed by atoms with van der Waals surface area (Å²) in [5, 5.41) is 10.0. The zero-order chi connectivity index (χ0) is 26.8. The average molecular weight is 502 g/mol. The van der Waals surface area contributed by atoms with Gasteiger partial charge in [0.1, 0.15) is 11.5 Å². The van der Waals surface area contributed by atoms with E-state index >= 15 is 0 Å². The number of ether oxygens (including phenoxy) is 2. The van der Waals surface area contributed by atoms with Gasteiger partial charge in [0.2, 0.25) is 11.8 Å². The van der Waals surface area contributed by atoms with Crippen molar-refractivity contribution in [2.75, 3.05) is 20.8 Å². The molecule has 10 nitrogen and oxygen atoms in total. The summed E-state index contributed by atoms with van der Waals surface area (Å²) in [5.74, 6) is 0.395. The van der Waals surface area contributed by atoms with Gasteiger partial charge >= 0.3 is 0 Å². The van der Waals surface area contributed by atoms with Gasteiger partial charge in [-0.3, -0.25) is 19.1 Å². The maximum atomic E-state index is 13.3. The van der Waals surface area contributed by atoms with Crippen LogP contribution in [0.5, 0.6) is 11.5 Å². The van der Waals surface area contributed by atoms with Gasteiger partial charge in [-0.2, -0.15) is 5.10 Å². The molecule has 0 fully saturated rings. The second-order valence-corrected chi connectivity index (χ2v) is 9.39. The summed E-state index contributed by atoms with van der Waals surface area (Å²) in [6, 6.07) is 6.79. The molecule has 0 aliphatic rings. The first-order valence-corrected chi connectivity index (χ1v) is 12.2. The molecule has 2 aromatic rings. The minimum Gasteiger partial charge on any atom is -0.496 e. The summed E-state index contributed by atoms with van der Waals surface area (Å²) >= 11 is 0. The van der Waals surface area contributed by atoms with Gasteiger partial charge in [-0.05, 0) is 36.5 Å². The van der Waals surface area contributed by atoms with Crippen LogP contribution in [-0.2, 0) is 16.1 Å². The maximum absolute atomic E-state index is 13.3. The van der Waals surface area contributed by atoms with E-state index in [1.165, 1.54) is 0 Å². The van der Waals surface area contributed by atoms with Crippen LogP contribution in [0.25, 0.3) is 11.3 Å². The van der Waals surface area contributed by atoms with Gasteiger partial charge in [0.15, 0.2) is 5.69 Å². The number of nitrogens with one attached hydrogen (secondary N) is 2. The molecule has 36 heavy (non-hydrogen) atoms. The second kappa shape index (κ2) is 13.5. The second-order valence-electron chi connectivity index (χ2n) is 9.39. The number of hydrogen-bond acceptors (Lipinski definition) is 6. The Morgan fingerprint density at radius 2 is 1.75 bits per heavy atom. The number of primary amides is 1. The highest BCUT2D eigenvalue weighted by Crippen LogP contribution is 2.39. The first kappa shape index (κ1) is 28.7. The predicted octanol–water partition coefficient (Wildman–Crippen LogP) is 2.75. The van der Waals surface area contributed by atoms with Crippen molar-refractivity contribution in [3.05, 3.63) is 30.0 Å². The molecule has 1 aromatic carbocycles. The maximum Gasteiger partial charge on any atom is 0.272 e. The van der Waals surface area contributed by atoms with E-state index in [0.717, 1.165) is 6.42 Å². The van der Waals surface area contributed by atoms with E-state index in [2.05, 4.69) is 29.6 Å². The monoisotopic (exact) mass is 501 g/mol. The molecular weight excluding hydrogens is 462 g/mol. The summed E-state index contributed by atoms with van der Waals surface area (Å²) in [6.07, 6.45) is 1.55. The molecule has 0 spiro atoms. The molecule has 0 aliphatic heterocycles. The van der Waals surface area contributed by atoms with Crippen molar-refractivity contribution in [1.82, 2.24) is 20.4 Å². The van der Waals surface area contributed by atoms with E-state index in [1.54, 1.807) is 25.0 Å². The molecule has 0 radical (unpaired) electrons. The zero-order valence-corrected chi connectivity index (χ0v) is 22.1. The lowest BCUT2D eigenvalue weighted by atomic mass is 10.0. The molecule has 3 amide bonds. The fourth-order valence-electron chi connectivity index (χ4n) is 3.90. The molecule has 4 N–H and O–H groups in total. The molecule has 198 valence electrons. The smallest absolute Gasteiger partial charge is 0.272 e. The number of amides is 3. The Bertz CT molecular complexity index is 1030. The Morgan fingerprint density at radius 3 is 2.28 bits per heavy atom. The molecule has 0 saturated heterocycles. The molecule has 1 heterocycles. The van der Waals surface area contributed by atoms with Crippen molar-refractivity contribution >= 4 is 17.7 Å². The Morgan fingerprint density at radius 1 is 1.11 bits per heavy atom. The van der Waals surface area contributed by atoms with Crippen LogP contribution in [0.15, 0.2) is 24.3 Å². The van der Waals surface area contributed by atoms with E-state index in [-0.39, 0.29) is 36.4 Å². The Labute approximate surface area is 212 Å². The molecule has 0 aliphatic carbocycles. The topological polar surface area (TPSA) is 138 Å². The van der Waals surface area contributed by atoms with Gasteiger partial charge in [0.05, 0.1) is 32.0 Å². The van der Waals surface area contributed by atoms with Gasteiger partial charge in [-0.25, -0.2) is 0 Å². The van der Waals surface area contributed by atoms with Crippen molar-refractivity contribution in [3.8, 4) is 22.8 Å². The summed E-state index contributed by atoms with van der Waals surface area (Å²) in [4.78, 5) is 36.5. The van der Waals surface area contributed by atoms with Crippen LogP contribution in [0.4, 0.5) is 0 Å². The highest BCUT2D eigenvalue weighted by Gasteiger charge is 2.24. The van der Waals surface area contributed by atoms with Gasteiger partial charge < -0.3 is 25.8 Å². The van der Waals surface area contributed by atoms with Gasteiger partial charge in [-0.15, -0.1) is 0 Å². The largest absolute Gasteiger partial charge is 0.496 e. The lowest BCUT2D eigenvalue weighted by molar-refractivity contribution is -0.125. The van der Waals surface area contributed by atoms with Crippen LogP contribution in [0, 0.1) is 11.8 Å². The van der Waals surface area contributed by atoms with E-state index in [1.807, 2.05) is 32.0 Å². The van der Waals surface area contributed by atoms with Crippen LogP contribution < -0.4 is 25.8 Å². The van der Waals surface area contributed by atoms with E-state index in [9.17, 15) is 14.4 Å². The SMILES string of the molecule is CCC(C)Cn1nc(C(=O)NC(CC(=O)NCC(N)=O)CC(C)C)cc1-c1c(OC)cccc1OC. The third-order valence-corrected chi connectivity index (χ3v) is 5.86. The Kier molecular flexibility index (Phi) is 10.8. The molecule has 10 heteroatoms. The van der Waals surface area contributed by atoms with Crippen molar-refractivity contribution in [1.29, 1.82) is 0 Å². The lowest BCUT2D eigenvalue weighted by Gasteiger charge is -2.19. The van der Waals surface area contributed by atoms with Crippen molar-refractivity contribution in [3.63, 3.8) is 0 Å². The molecular formula is C26H39N5O5. The average Bonchev–Trinajstić information content (AvgIpc) is 3.24. The highest BCUT2D eigenvalue weighted by molar-refractivity contribution is 5.94. The molecule has 0 saturated carbocycles. The number of nitrogens with zero attached hydrogens (tertiary/aromatic N) is 2. The minimum atomic E-state index is -0.626. The van der Waals surface area contributed by atoms with Crippen molar-refractivity contribution in [2.24, 2.45) is 17.6 Å². The molecule has 2 unspecified atom stereocenters. The number of aromatic nitrogens is 2. The number of hydrogen-bond donors (Lipinski definition) is 3. The molecule has 1 aromatic heterocycles. The third-order valence-electron chi connectivity index (χ3n) is 5.86. The van der Waals surface area contributed by atoms with Gasteiger partial charge in [0.25, 0.3) is 5.91 Å². The van der Waals surface area contributed by atoms with Gasteiger partial charge in [-0.1, -0.05) is 40.2 Å². The molecule has 2 atom stereocenters. The van der Waals surface area contributed by atoms with Crippen molar-refractivity contribution in [2.45, 2.75) is 59.5 Å². The molecule has 2 rings (SSSR count). The zero-order valence-electron chi connectivity index (χ0n) is 22.1. The van der Waals surface area contributed by atoms with Crippen LogP contribution in [0.3, 0.4) is 0 Å². The number of benzene rings is 1. The van der Waals surface area contributed by atoms with E-state index < -0.39 is 11.9 Å². The number of carbonyl (C=O) groups excluding carboxylic acids is 3. The fraction of sp³-hybridized carbons (Fsp3) is 0.538. The predicted molar refractivity (Wildman–Crippen MR) is 138 cm³/mol. The van der Waals surface area contributed by atoms with Crippen LogP contribution in [-0.4, -0.2) is 54.3 Å². The highest BCUT2D eigenvalue weighted by atomic mass is 16.5. The number of methoxy groups -OCH3 is 2. The van der Waals surface area contributed by atoms with Crippen LogP contribution in [0.2, 0.25) is 0 Å². The third kappa shape index (κ3) is 8.00. The van der Waals surface area contributed by atoms with E-state index in [0.29, 0.717) is 41.6 Å². The first-order valence-electron chi connectivity index (χ1n) is 12.2. The first-order chi connectivity index (χ1) is 17.1. The normalized spacial score (nSPS) is 12.6. The van der Waals surface area contributed by atoms with Crippen LogP contribution in [0.1, 0.15) is 57.4 Å². The number of carbonyl (C=O) groups is 3. The minimum absolute atomic E-state index is 0.0258. The standard InChI is InChI=1S/C26H39N5O5/c1-7-17(4)15-31-20(25-21(35-5)9-8-10-22(25)36-6)13-19(30-31)26(34)29-18(11-16(2)3)12-24(33)28-14-23(27)32/h8-10,13,16-18H,7,11-12,14-15H2,1-6H3,(H2,27,32)(H,28,33)(H,29,34). The summed E-state index contributed by atoms with van der Waals surface area (Å²) < 4.78 is 13.0. The summed E-state index contributed by atoms with van der Waals surface area (Å²) in [6.45, 7) is 8.59. The van der Waals surface area contributed by atoms with E-state index in [4.69, 9.17) is 15.2 Å². The fourth-order valence-corrected chi connectivity index (χ4v) is 3.90. The van der Waals surface area contributed by atoms with Crippen molar-refractivity contribution < 1.29 is 23.9 Å². The number of nitrogens with two attached hydrogens (primary N) is 1. The Balaban J connectivity index is 2.40. The summed E-state index contributed by atoms with van der Waals surface area (Å²) in [5.41, 5.74) is 6.75.